The minimum Gasteiger partial charge on any atom is -0.339 e. The lowest BCUT2D eigenvalue weighted by molar-refractivity contribution is 1.17. The van der Waals surface area contributed by atoms with Crippen LogP contribution in [0, 0.1) is 0 Å². The summed E-state index contributed by atoms with van der Waals surface area (Å²) in [6.45, 7) is 0. The predicted molar refractivity (Wildman–Crippen MR) is 91.5 cm³/mol. The maximum absolute atomic E-state index is 6.13. The van der Waals surface area contributed by atoms with Crippen LogP contribution in [-0.2, 0) is 0 Å². The fourth-order valence-electron chi connectivity index (χ4n) is 1.90. The molecule has 0 fully saturated rings. The molecule has 3 aromatic rings. The molecule has 2 N–H and O–H groups in total. The summed E-state index contributed by atoms with van der Waals surface area (Å²) in [6.07, 6.45) is 1.47. The molecule has 0 aliphatic carbocycles. The van der Waals surface area contributed by atoms with E-state index in [0.717, 1.165) is 11.4 Å². The molecule has 1 heterocycles. The summed E-state index contributed by atoms with van der Waals surface area (Å²) < 4.78 is 0. The molecular formula is C16H12Cl2N4. The largest absolute Gasteiger partial charge is 0.339 e. The predicted octanol–water partition coefficient (Wildman–Crippen LogP) is 5.27. The lowest BCUT2D eigenvalue weighted by atomic mass is 10.3. The molecule has 1 aromatic heterocycles. The van der Waals surface area contributed by atoms with E-state index in [1.807, 2.05) is 48.5 Å². The SMILES string of the molecule is Clc1ccccc1Nc1cc(Nc2ccccc2Cl)ncn1. The van der Waals surface area contributed by atoms with Crippen LogP contribution in [0.15, 0.2) is 60.9 Å². The Balaban J connectivity index is 1.81. The number of hydrogen-bond donors (Lipinski definition) is 2. The Hall–Kier alpha value is -2.30. The Bertz CT molecular complexity index is 730. The molecule has 3 rings (SSSR count). The standard InChI is InChI=1S/C16H12Cl2N4/c17-11-5-1-3-7-13(11)21-15-9-16(20-10-19-15)22-14-8-4-2-6-12(14)18/h1-10H,(H2,19,20,21,22). The van der Waals surface area contributed by atoms with Crippen molar-refractivity contribution in [2.45, 2.75) is 0 Å². The van der Waals surface area contributed by atoms with Gasteiger partial charge in [0, 0.05) is 6.07 Å². The zero-order valence-corrected chi connectivity index (χ0v) is 12.9. The van der Waals surface area contributed by atoms with Crippen molar-refractivity contribution in [1.29, 1.82) is 0 Å². The highest BCUT2D eigenvalue weighted by Gasteiger charge is 2.04. The quantitative estimate of drug-likeness (QED) is 0.684. The van der Waals surface area contributed by atoms with E-state index >= 15 is 0 Å². The normalized spacial score (nSPS) is 10.3. The van der Waals surface area contributed by atoms with E-state index in [-0.39, 0.29) is 0 Å². The van der Waals surface area contributed by atoms with Crippen LogP contribution in [0.25, 0.3) is 0 Å². The Kier molecular flexibility index (Phi) is 4.42. The van der Waals surface area contributed by atoms with Gasteiger partial charge in [0.2, 0.25) is 0 Å². The zero-order valence-electron chi connectivity index (χ0n) is 11.4. The monoisotopic (exact) mass is 330 g/mol. The van der Waals surface area contributed by atoms with Crippen molar-refractivity contribution < 1.29 is 0 Å². The fourth-order valence-corrected chi connectivity index (χ4v) is 2.26. The van der Waals surface area contributed by atoms with Crippen molar-refractivity contribution >= 4 is 46.2 Å². The lowest BCUT2D eigenvalue weighted by Crippen LogP contribution is -1.99. The summed E-state index contributed by atoms with van der Waals surface area (Å²) in [5.74, 6) is 1.27. The first kappa shape index (κ1) is 14.6. The molecule has 0 spiro atoms. The average Bonchev–Trinajstić information content (AvgIpc) is 2.52. The van der Waals surface area contributed by atoms with Gasteiger partial charge in [-0.3, -0.25) is 0 Å². The summed E-state index contributed by atoms with van der Waals surface area (Å²) in [5, 5.41) is 7.57. The zero-order chi connectivity index (χ0) is 15.4. The van der Waals surface area contributed by atoms with Crippen LogP contribution < -0.4 is 10.6 Å². The Morgan fingerprint density at radius 3 is 1.59 bits per heavy atom. The summed E-state index contributed by atoms with van der Waals surface area (Å²) >= 11 is 12.3. The first-order valence-corrected chi connectivity index (χ1v) is 7.33. The number of para-hydroxylation sites is 2. The van der Waals surface area contributed by atoms with E-state index < -0.39 is 0 Å². The number of benzene rings is 2. The summed E-state index contributed by atoms with van der Waals surface area (Å²) in [5.41, 5.74) is 1.57. The summed E-state index contributed by atoms with van der Waals surface area (Å²) in [4.78, 5) is 8.37. The van der Waals surface area contributed by atoms with E-state index in [0.29, 0.717) is 21.7 Å². The van der Waals surface area contributed by atoms with Gasteiger partial charge in [0.1, 0.15) is 18.0 Å². The summed E-state index contributed by atoms with van der Waals surface area (Å²) in [7, 11) is 0. The van der Waals surface area contributed by atoms with Gasteiger partial charge in [0.25, 0.3) is 0 Å². The molecule has 0 saturated heterocycles. The number of anilines is 4. The highest BCUT2D eigenvalue weighted by Crippen LogP contribution is 2.27. The summed E-state index contributed by atoms with van der Waals surface area (Å²) in [6, 6.07) is 16.7. The van der Waals surface area contributed by atoms with Crippen molar-refractivity contribution in [1.82, 2.24) is 9.97 Å². The maximum atomic E-state index is 6.13. The number of nitrogens with zero attached hydrogens (tertiary/aromatic N) is 2. The number of aromatic nitrogens is 2. The minimum absolute atomic E-state index is 0.627. The minimum atomic E-state index is 0.627. The van der Waals surface area contributed by atoms with Crippen LogP contribution in [0.1, 0.15) is 0 Å². The van der Waals surface area contributed by atoms with Crippen molar-refractivity contribution in [2.75, 3.05) is 10.6 Å². The van der Waals surface area contributed by atoms with Crippen molar-refractivity contribution in [3.8, 4) is 0 Å². The van der Waals surface area contributed by atoms with Crippen LogP contribution in [0.5, 0.6) is 0 Å². The molecule has 0 atom stereocenters. The van der Waals surface area contributed by atoms with Crippen LogP contribution in [-0.4, -0.2) is 9.97 Å². The molecule has 110 valence electrons. The van der Waals surface area contributed by atoms with Crippen LogP contribution >= 0.6 is 23.2 Å². The highest BCUT2D eigenvalue weighted by atomic mass is 35.5. The number of hydrogen-bond acceptors (Lipinski definition) is 4. The third-order valence-corrected chi connectivity index (χ3v) is 3.60. The smallest absolute Gasteiger partial charge is 0.135 e. The molecule has 22 heavy (non-hydrogen) atoms. The van der Waals surface area contributed by atoms with Gasteiger partial charge in [-0.25, -0.2) is 9.97 Å². The highest BCUT2D eigenvalue weighted by molar-refractivity contribution is 6.33. The van der Waals surface area contributed by atoms with Crippen molar-refractivity contribution in [3.63, 3.8) is 0 Å². The molecular weight excluding hydrogens is 319 g/mol. The van der Waals surface area contributed by atoms with E-state index in [1.165, 1.54) is 6.33 Å². The molecule has 0 radical (unpaired) electrons. The second-order valence-corrected chi connectivity index (χ2v) is 5.31. The van der Waals surface area contributed by atoms with E-state index in [4.69, 9.17) is 23.2 Å². The van der Waals surface area contributed by atoms with Gasteiger partial charge in [0.05, 0.1) is 21.4 Å². The van der Waals surface area contributed by atoms with Gasteiger partial charge in [-0.05, 0) is 24.3 Å². The second-order valence-electron chi connectivity index (χ2n) is 4.50. The maximum Gasteiger partial charge on any atom is 0.135 e. The van der Waals surface area contributed by atoms with E-state index in [1.54, 1.807) is 6.07 Å². The molecule has 0 aliphatic heterocycles. The Labute approximate surface area is 138 Å². The van der Waals surface area contributed by atoms with Gasteiger partial charge < -0.3 is 10.6 Å². The number of halogens is 2. The number of nitrogens with one attached hydrogen (secondary N) is 2. The molecule has 2 aromatic carbocycles. The van der Waals surface area contributed by atoms with E-state index in [9.17, 15) is 0 Å². The van der Waals surface area contributed by atoms with Gasteiger partial charge >= 0.3 is 0 Å². The third kappa shape index (κ3) is 3.47. The molecule has 0 aliphatic rings. The van der Waals surface area contributed by atoms with Gasteiger partial charge in [-0.15, -0.1) is 0 Å². The average molecular weight is 331 g/mol. The van der Waals surface area contributed by atoms with Gasteiger partial charge in [-0.1, -0.05) is 47.5 Å². The second kappa shape index (κ2) is 6.64. The van der Waals surface area contributed by atoms with Gasteiger partial charge in [-0.2, -0.15) is 0 Å². The lowest BCUT2D eigenvalue weighted by Gasteiger charge is -2.10. The molecule has 4 nitrogen and oxygen atoms in total. The van der Waals surface area contributed by atoms with Gasteiger partial charge in [0.15, 0.2) is 0 Å². The molecule has 6 heteroatoms. The third-order valence-electron chi connectivity index (χ3n) is 2.94. The van der Waals surface area contributed by atoms with Crippen LogP contribution in [0.2, 0.25) is 10.0 Å². The van der Waals surface area contributed by atoms with Crippen molar-refractivity contribution in [3.05, 3.63) is 71.0 Å². The topological polar surface area (TPSA) is 49.8 Å². The molecule has 0 saturated carbocycles. The van der Waals surface area contributed by atoms with Crippen LogP contribution in [0.3, 0.4) is 0 Å². The Morgan fingerprint density at radius 1 is 0.682 bits per heavy atom. The fraction of sp³-hybridized carbons (Fsp3) is 0. The Morgan fingerprint density at radius 2 is 1.14 bits per heavy atom. The molecule has 0 unspecified atom stereocenters. The van der Waals surface area contributed by atoms with Crippen LogP contribution in [0.4, 0.5) is 23.0 Å². The molecule has 0 bridgehead atoms. The molecule has 0 amide bonds. The number of rotatable bonds is 4. The van der Waals surface area contributed by atoms with E-state index in [2.05, 4.69) is 20.6 Å². The first-order chi connectivity index (χ1) is 10.7. The first-order valence-electron chi connectivity index (χ1n) is 6.57. The van der Waals surface area contributed by atoms with Crippen molar-refractivity contribution in [2.24, 2.45) is 0 Å².